The SMILES string of the molecule is CC[C@@H]1CN2CCc3c(n(C(=O)NCC(=O)CCCN4C(=O)C=CC4=O)c4cccc(OC)c34)[C@@H]2C[C@@H]1/C(=C\OC)C(=O)OC.CC[C@@H]1CN2CCc3c(n(C(=O)NCC(=O)CCCN4C(=O)CC(SC)C4=O)c4cccc(OC)c34)[C@@H]2C[C@@H]1/C(=C\OC)C(=O)OC. The van der Waals surface area contributed by atoms with Crippen LogP contribution in [0.4, 0.5) is 9.59 Å². The van der Waals surface area contributed by atoms with E-state index >= 15 is 0 Å². The number of amides is 6. The lowest BCUT2D eigenvalue weighted by Crippen LogP contribution is -2.48. The lowest BCUT2D eigenvalue weighted by atomic mass is 9.74. The summed E-state index contributed by atoms with van der Waals surface area (Å²) in [6, 6.07) is 9.96. The summed E-state index contributed by atoms with van der Waals surface area (Å²) in [5.41, 5.74) is 6.01. The van der Waals surface area contributed by atoms with Gasteiger partial charge in [0.2, 0.25) is 11.8 Å². The molecule has 494 valence electrons. The van der Waals surface area contributed by atoms with E-state index in [1.165, 1.54) is 69.8 Å². The predicted octanol–water partition coefficient (Wildman–Crippen LogP) is 6.83. The Morgan fingerprint density at radius 1 is 0.609 bits per heavy atom. The molecule has 6 aliphatic rings. The average molecular weight is 1290 g/mol. The molecule has 0 spiro atoms. The average Bonchev–Trinajstić information content (AvgIpc) is 1.56. The van der Waals surface area contributed by atoms with E-state index < -0.39 is 24.0 Å². The lowest BCUT2D eigenvalue weighted by molar-refractivity contribution is -0.139. The molecule has 3 saturated heterocycles. The van der Waals surface area contributed by atoms with Gasteiger partial charge in [-0.3, -0.25) is 57.5 Å². The molecule has 7 atom stereocenters. The highest BCUT2D eigenvalue weighted by Gasteiger charge is 2.47. The smallest absolute Gasteiger partial charge is 0.337 e. The molecule has 92 heavy (non-hydrogen) atoms. The zero-order valence-corrected chi connectivity index (χ0v) is 54.7. The summed E-state index contributed by atoms with van der Waals surface area (Å²) in [6.07, 6.45) is 12.5. The topological polar surface area (TPSA) is 273 Å². The number of rotatable bonds is 23. The number of ether oxygens (including phenoxy) is 6. The van der Waals surface area contributed by atoms with E-state index in [0.29, 0.717) is 72.2 Å². The lowest BCUT2D eigenvalue weighted by Gasteiger charge is -2.47. The minimum Gasteiger partial charge on any atom is -0.504 e. The first-order valence-corrected chi connectivity index (χ1v) is 32.7. The molecule has 6 aliphatic heterocycles. The van der Waals surface area contributed by atoms with Gasteiger partial charge in [0, 0.05) is 92.8 Å². The Balaban J connectivity index is 0.000000218. The van der Waals surface area contributed by atoms with Gasteiger partial charge >= 0.3 is 24.0 Å². The monoisotopic (exact) mass is 1290 g/mol. The van der Waals surface area contributed by atoms with Crippen molar-refractivity contribution in [3.05, 3.63) is 94.7 Å². The van der Waals surface area contributed by atoms with Crippen LogP contribution >= 0.6 is 11.8 Å². The number of hydrogen-bond acceptors (Lipinski definition) is 19. The van der Waals surface area contributed by atoms with Gasteiger partial charge in [0.1, 0.15) is 11.5 Å². The Morgan fingerprint density at radius 2 is 1.04 bits per heavy atom. The van der Waals surface area contributed by atoms with Crippen LogP contribution in [-0.2, 0) is 70.1 Å². The summed E-state index contributed by atoms with van der Waals surface area (Å²) in [4.78, 5) is 135. The van der Waals surface area contributed by atoms with Gasteiger partial charge in [-0.25, -0.2) is 19.2 Å². The zero-order valence-electron chi connectivity index (χ0n) is 53.9. The van der Waals surface area contributed by atoms with Crippen LogP contribution in [0.1, 0.15) is 106 Å². The number of imide groups is 2. The highest BCUT2D eigenvalue weighted by Crippen LogP contribution is 2.50. The van der Waals surface area contributed by atoms with Crippen LogP contribution in [0, 0.1) is 23.7 Å². The molecule has 0 aliphatic carbocycles. The summed E-state index contributed by atoms with van der Waals surface area (Å²) in [7, 11) is 8.96. The molecule has 1 unspecified atom stereocenters. The summed E-state index contributed by atoms with van der Waals surface area (Å²) in [6.45, 7) is 7.22. The zero-order chi connectivity index (χ0) is 66.1. The number of Topliss-reactive ketones (excluding diaryl/α,β-unsaturated/α-hetero) is 2. The molecule has 10 rings (SSSR count). The number of benzene rings is 2. The number of esters is 2. The second-order valence-corrected chi connectivity index (χ2v) is 24.9. The first-order valence-electron chi connectivity index (χ1n) is 31.4. The molecule has 0 bridgehead atoms. The number of likely N-dealkylation sites (tertiary alicyclic amines) is 1. The van der Waals surface area contributed by atoms with Crippen molar-refractivity contribution in [3.8, 4) is 11.5 Å². The third-order valence-corrected chi connectivity index (χ3v) is 19.9. The molecular weight excluding hydrogens is 1200 g/mol. The number of fused-ring (bicyclic) bond motifs is 10. The first kappa shape index (κ1) is 68.1. The maximum atomic E-state index is 14.0. The number of thioether (sulfide) groups is 1. The number of ketones is 2. The fraction of sp³-hybridized carbons (Fsp3) is 0.522. The number of nitrogens with zero attached hydrogens (tertiary/aromatic N) is 6. The van der Waals surface area contributed by atoms with Crippen molar-refractivity contribution < 1.29 is 76.4 Å². The van der Waals surface area contributed by atoms with Crippen LogP contribution in [0.25, 0.3) is 21.8 Å². The Bertz CT molecular complexity index is 3610. The van der Waals surface area contributed by atoms with Crippen molar-refractivity contribution in [2.75, 3.05) is 101 Å². The van der Waals surface area contributed by atoms with Crippen molar-refractivity contribution in [2.45, 2.75) is 102 Å². The highest BCUT2D eigenvalue weighted by atomic mass is 32.2. The minimum atomic E-state index is -0.436. The molecule has 2 N–H and O–H groups in total. The highest BCUT2D eigenvalue weighted by molar-refractivity contribution is 8.00. The minimum absolute atomic E-state index is 0.105. The van der Waals surface area contributed by atoms with Gasteiger partial charge in [0.05, 0.1) is 108 Å². The molecule has 3 fully saturated rings. The molecule has 24 nitrogen and oxygen atoms in total. The van der Waals surface area contributed by atoms with Gasteiger partial charge in [-0.2, -0.15) is 11.8 Å². The van der Waals surface area contributed by atoms with Crippen molar-refractivity contribution in [1.82, 2.24) is 39.4 Å². The molecule has 2 aromatic heterocycles. The van der Waals surface area contributed by atoms with E-state index in [2.05, 4.69) is 34.3 Å². The Morgan fingerprint density at radius 3 is 1.42 bits per heavy atom. The molecule has 0 radical (unpaired) electrons. The number of nitrogens with one attached hydrogen (secondary N) is 2. The third kappa shape index (κ3) is 13.8. The first-order chi connectivity index (χ1) is 44.4. The van der Waals surface area contributed by atoms with E-state index in [1.807, 2.05) is 36.4 Å². The molecule has 0 saturated carbocycles. The summed E-state index contributed by atoms with van der Waals surface area (Å²) >= 11 is 1.36. The number of methoxy groups -OCH3 is 6. The number of carbonyl (C=O) groups is 10. The predicted molar refractivity (Wildman–Crippen MR) is 342 cm³/mol. The van der Waals surface area contributed by atoms with Gasteiger partial charge in [0.25, 0.3) is 11.8 Å². The summed E-state index contributed by atoms with van der Waals surface area (Å²) in [5, 5.41) is 7.01. The Labute approximate surface area is 539 Å². The van der Waals surface area contributed by atoms with Crippen LogP contribution in [0.2, 0.25) is 0 Å². The van der Waals surface area contributed by atoms with Gasteiger partial charge in [0.15, 0.2) is 11.6 Å². The quantitative estimate of drug-likeness (QED) is 0.0333. The third-order valence-electron chi connectivity index (χ3n) is 19.0. The van der Waals surface area contributed by atoms with E-state index in [4.69, 9.17) is 28.4 Å². The molecular formula is C67H84N8O16S. The van der Waals surface area contributed by atoms with E-state index in [0.717, 1.165) is 77.2 Å². The Kier molecular flexibility index (Phi) is 22.5. The van der Waals surface area contributed by atoms with Crippen LogP contribution in [0.5, 0.6) is 11.5 Å². The van der Waals surface area contributed by atoms with Crippen LogP contribution < -0.4 is 20.1 Å². The number of piperidine rings is 2. The van der Waals surface area contributed by atoms with Crippen molar-refractivity contribution in [3.63, 3.8) is 0 Å². The van der Waals surface area contributed by atoms with Crippen molar-refractivity contribution >= 4 is 92.8 Å². The molecule has 8 heterocycles. The van der Waals surface area contributed by atoms with Gasteiger partial charge in [-0.15, -0.1) is 0 Å². The maximum absolute atomic E-state index is 14.0. The van der Waals surface area contributed by atoms with Crippen molar-refractivity contribution in [2.24, 2.45) is 23.7 Å². The van der Waals surface area contributed by atoms with Crippen molar-refractivity contribution in [1.29, 1.82) is 0 Å². The normalized spacial score (nSPS) is 22.2. The largest absolute Gasteiger partial charge is 0.504 e. The second-order valence-electron chi connectivity index (χ2n) is 23.8. The second kappa shape index (κ2) is 30.4. The fourth-order valence-corrected chi connectivity index (χ4v) is 15.2. The van der Waals surface area contributed by atoms with Crippen LogP contribution in [0.15, 0.2) is 72.2 Å². The summed E-state index contributed by atoms with van der Waals surface area (Å²) < 4.78 is 35.7. The van der Waals surface area contributed by atoms with Crippen LogP contribution in [-0.4, -0.2) is 194 Å². The molecule has 25 heteroatoms. The number of aromatic nitrogens is 2. The maximum Gasteiger partial charge on any atom is 0.337 e. The number of carbonyl (C=O) groups excluding carboxylic acids is 10. The molecule has 4 aromatic rings. The molecule has 6 amide bonds. The summed E-state index contributed by atoms with van der Waals surface area (Å²) in [5.74, 6) is -1.08. The van der Waals surface area contributed by atoms with E-state index in [1.54, 1.807) is 29.6 Å². The number of hydrogen-bond donors (Lipinski definition) is 2. The van der Waals surface area contributed by atoms with Gasteiger partial charge in [-0.1, -0.05) is 38.8 Å². The molecule has 2 aromatic carbocycles. The van der Waals surface area contributed by atoms with E-state index in [-0.39, 0.29) is 122 Å². The Hall–Kier alpha value is -8.29. The standard InChI is InChI=1S/C34H44N4O8S.C33H40N4O8/c1-6-20-18-36-14-12-22-30-25(10-7-11-27(30)45-3)38(31(22)26(36)15-23(20)24(19-44-2)33(42)46-4)34(43)35-17-21(39)9-8-13-37-29(40)16-28(47-5)32(37)41;1-5-20-18-35-15-13-22-30-25(9-6-10-27(30)44-3)37(31(22)26(35)16-23(20)24(19-43-2)32(41)45-4)33(42)34-17-21(38)8-7-14-36-28(39)11-12-29(36)40/h7,10-11,19-20,23,26,28H,6,8-9,12-18H2,1-5H3,(H,35,43);6,9-12,19-20,23,26H,5,7-8,13-18H2,1-4H3,(H,34,42)/b2*24-19+/t20-,23+,26+,28?;20-,23+,26+/m11/s1. The van der Waals surface area contributed by atoms with Crippen LogP contribution in [0.3, 0.4) is 0 Å². The van der Waals surface area contributed by atoms with E-state index in [9.17, 15) is 47.9 Å². The van der Waals surface area contributed by atoms with Gasteiger partial charge in [-0.05, 0) is 104 Å². The fourth-order valence-electron chi connectivity index (χ4n) is 14.6. The van der Waals surface area contributed by atoms with Gasteiger partial charge < -0.3 is 39.1 Å².